The van der Waals surface area contributed by atoms with E-state index in [1.54, 1.807) is 20.0 Å². The fraction of sp³-hybridized carbons (Fsp3) is 0.389. The van der Waals surface area contributed by atoms with E-state index in [4.69, 9.17) is 5.73 Å². The Morgan fingerprint density at radius 1 is 1.39 bits per heavy atom. The number of carbonyl (C=O) groups excluding carboxylic acids is 1. The number of nitrogens with zero attached hydrogens (tertiary/aromatic N) is 4. The van der Waals surface area contributed by atoms with Crippen LogP contribution in [0.4, 0.5) is 18.9 Å². The fourth-order valence-corrected chi connectivity index (χ4v) is 3.40. The van der Waals surface area contributed by atoms with Crippen LogP contribution in [0.5, 0.6) is 0 Å². The summed E-state index contributed by atoms with van der Waals surface area (Å²) >= 11 is 1.48. The SMILES string of the molecule is CCSc1cc(N)cnc1-c1nc(/C=C(\N(C)CC)C(F)(F)F)c(C=O)n1C. The molecule has 0 bridgehead atoms. The van der Waals surface area contributed by atoms with Gasteiger partial charge >= 0.3 is 6.18 Å². The van der Waals surface area contributed by atoms with Crippen molar-refractivity contribution >= 4 is 29.8 Å². The third-order valence-electron chi connectivity index (χ3n) is 4.11. The van der Waals surface area contributed by atoms with Crippen LogP contribution in [-0.2, 0) is 7.05 Å². The molecule has 0 fully saturated rings. The Morgan fingerprint density at radius 2 is 2.07 bits per heavy atom. The third kappa shape index (κ3) is 4.49. The van der Waals surface area contributed by atoms with Crippen LogP contribution in [0, 0.1) is 0 Å². The number of hydrogen-bond donors (Lipinski definition) is 1. The second kappa shape index (κ2) is 8.68. The summed E-state index contributed by atoms with van der Waals surface area (Å²) in [6, 6.07) is 1.73. The Morgan fingerprint density at radius 3 is 2.61 bits per heavy atom. The van der Waals surface area contributed by atoms with Crippen LogP contribution in [0.25, 0.3) is 17.6 Å². The van der Waals surface area contributed by atoms with Gasteiger partial charge in [-0.05, 0) is 24.8 Å². The Kier molecular flexibility index (Phi) is 6.76. The zero-order valence-electron chi connectivity index (χ0n) is 16.0. The molecule has 28 heavy (non-hydrogen) atoms. The van der Waals surface area contributed by atoms with Crippen LogP contribution in [0.3, 0.4) is 0 Å². The molecule has 2 aromatic heterocycles. The Hall–Kier alpha value is -2.49. The lowest BCUT2D eigenvalue weighted by atomic mass is 10.2. The summed E-state index contributed by atoms with van der Waals surface area (Å²) in [5, 5.41) is 0. The summed E-state index contributed by atoms with van der Waals surface area (Å²) in [5.74, 6) is 1.04. The monoisotopic (exact) mass is 413 g/mol. The van der Waals surface area contributed by atoms with Crippen LogP contribution in [0.15, 0.2) is 22.9 Å². The van der Waals surface area contributed by atoms with Crippen molar-refractivity contribution in [1.29, 1.82) is 0 Å². The number of nitrogens with two attached hydrogens (primary N) is 1. The predicted molar refractivity (Wildman–Crippen MR) is 105 cm³/mol. The van der Waals surface area contributed by atoms with Crippen LogP contribution >= 0.6 is 11.8 Å². The van der Waals surface area contributed by atoms with E-state index in [-0.39, 0.29) is 17.9 Å². The molecule has 0 aliphatic rings. The second-order valence-corrected chi connectivity index (χ2v) is 7.28. The Balaban J connectivity index is 2.69. The minimum absolute atomic E-state index is 0.0346. The first-order valence-electron chi connectivity index (χ1n) is 8.54. The maximum absolute atomic E-state index is 13.5. The number of hydrogen-bond acceptors (Lipinski definition) is 6. The van der Waals surface area contributed by atoms with E-state index in [0.29, 0.717) is 23.5 Å². The van der Waals surface area contributed by atoms with Crippen molar-refractivity contribution in [2.24, 2.45) is 7.05 Å². The maximum Gasteiger partial charge on any atom is 0.431 e. The Labute approximate surface area is 165 Å². The molecule has 2 aromatic rings. The van der Waals surface area contributed by atoms with Gasteiger partial charge in [0.25, 0.3) is 0 Å². The quantitative estimate of drug-likeness (QED) is 0.549. The molecule has 6 nitrogen and oxygen atoms in total. The molecule has 0 spiro atoms. The maximum atomic E-state index is 13.5. The van der Waals surface area contributed by atoms with Crippen molar-refractivity contribution in [3.63, 3.8) is 0 Å². The largest absolute Gasteiger partial charge is 0.431 e. The number of aromatic nitrogens is 3. The minimum Gasteiger partial charge on any atom is -0.397 e. The molecule has 0 aliphatic heterocycles. The second-order valence-electron chi connectivity index (χ2n) is 5.97. The van der Waals surface area contributed by atoms with Gasteiger partial charge < -0.3 is 15.2 Å². The normalized spacial score (nSPS) is 12.3. The van der Waals surface area contributed by atoms with Crippen LogP contribution < -0.4 is 5.73 Å². The lowest BCUT2D eigenvalue weighted by Crippen LogP contribution is -2.28. The lowest BCUT2D eigenvalue weighted by Gasteiger charge is -2.22. The molecule has 0 amide bonds. The van der Waals surface area contributed by atoms with Crippen molar-refractivity contribution in [2.75, 3.05) is 25.1 Å². The van der Waals surface area contributed by atoms with Gasteiger partial charge in [-0.1, -0.05) is 6.92 Å². The van der Waals surface area contributed by atoms with Crippen LogP contribution in [-0.4, -0.2) is 51.2 Å². The minimum atomic E-state index is -4.58. The zero-order valence-corrected chi connectivity index (χ0v) is 16.9. The van der Waals surface area contributed by atoms with E-state index in [1.807, 2.05) is 6.92 Å². The standard InChI is InChI=1S/C18H22F3N5OS/c1-5-25(3)15(18(19,20)21)8-12-13(10-27)26(4)17(24-12)16-14(28-6-2)7-11(22)9-23-16/h7-10H,5-6,22H2,1-4H3/b15-8-. The summed E-state index contributed by atoms with van der Waals surface area (Å²) in [6.45, 7) is 3.71. The van der Waals surface area contributed by atoms with Crippen molar-refractivity contribution in [3.8, 4) is 11.5 Å². The van der Waals surface area contributed by atoms with Gasteiger partial charge in [0.15, 0.2) is 12.1 Å². The number of rotatable bonds is 7. The molecular weight excluding hydrogens is 391 g/mol. The third-order valence-corrected chi connectivity index (χ3v) is 5.03. The highest BCUT2D eigenvalue weighted by Crippen LogP contribution is 2.33. The highest BCUT2D eigenvalue weighted by atomic mass is 32.2. The van der Waals surface area contributed by atoms with Crippen molar-refractivity contribution in [1.82, 2.24) is 19.4 Å². The average Bonchev–Trinajstić information content (AvgIpc) is 2.94. The van der Waals surface area contributed by atoms with Gasteiger partial charge in [0, 0.05) is 25.5 Å². The van der Waals surface area contributed by atoms with E-state index in [9.17, 15) is 18.0 Å². The molecule has 0 unspecified atom stereocenters. The van der Waals surface area contributed by atoms with Gasteiger partial charge in [0.05, 0.1) is 17.6 Å². The molecular formula is C18H22F3N5OS. The first-order valence-corrected chi connectivity index (χ1v) is 9.53. The van der Waals surface area contributed by atoms with Crippen molar-refractivity contribution < 1.29 is 18.0 Å². The molecule has 10 heteroatoms. The molecule has 0 aliphatic carbocycles. The molecule has 0 saturated carbocycles. The molecule has 152 valence electrons. The number of anilines is 1. The Bertz CT molecular complexity index is 892. The van der Waals surface area contributed by atoms with E-state index < -0.39 is 11.9 Å². The molecule has 0 saturated heterocycles. The number of aldehydes is 1. The van der Waals surface area contributed by atoms with Gasteiger partial charge in [0.2, 0.25) is 0 Å². The van der Waals surface area contributed by atoms with Gasteiger partial charge in [-0.25, -0.2) is 9.97 Å². The number of carbonyl (C=O) groups is 1. The molecule has 2 heterocycles. The number of allylic oxidation sites excluding steroid dienone is 1. The predicted octanol–water partition coefficient (Wildman–Crippen LogP) is 3.84. The number of nitrogen functional groups attached to an aromatic ring is 1. The van der Waals surface area contributed by atoms with Crippen LogP contribution in [0.2, 0.25) is 0 Å². The van der Waals surface area contributed by atoms with E-state index in [0.717, 1.165) is 21.6 Å². The summed E-state index contributed by atoms with van der Waals surface area (Å²) in [4.78, 5) is 22.0. The summed E-state index contributed by atoms with van der Waals surface area (Å²) in [5.41, 5.74) is 5.82. The molecule has 0 radical (unpaired) electrons. The van der Waals surface area contributed by atoms with E-state index in [1.165, 1.54) is 29.6 Å². The molecule has 0 atom stereocenters. The van der Waals surface area contributed by atoms with E-state index in [2.05, 4.69) is 9.97 Å². The number of imidazole rings is 1. The van der Waals surface area contributed by atoms with Crippen LogP contribution in [0.1, 0.15) is 30.0 Å². The summed E-state index contributed by atoms with van der Waals surface area (Å²) < 4.78 is 41.8. The zero-order chi connectivity index (χ0) is 21.1. The van der Waals surface area contributed by atoms with Gasteiger partial charge in [0.1, 0.15) is 17.1 Å². The van der Waals surface area contributed by atoms with Crippen molar-refractivity contribution in [3.05, 3.63) is 29.3 Å². The number of halogens is 3. The highest BCUT2D eigenvalue weighted by molar-refractivity contribution is 7.99. The average molecular weight is 413 g/mol. The fourth-order valence-electron chi connectivity index (χ4n) is 2.59. The van der Waals surface area contributed by atoms with Gasteiger partial charge in [-0.15, -0.1) is 11.8 Å². The smallest absolute Gasteiger partial charge is 0.397 e. The first-order chi connectivity index (χ1) is 13.1. The molecule has 2 N–H and O–H groups in total. The summed E-state index contributed by atoms with van der Waals surface area (Å²) in [7, 11) is 2.90. The van der Waals surface area contributed by atoms with Crippen molar-refractivity contribution in [2.45, 2.75) is 24.9 Å². The molecule has 0 aromatic carbocycles. The van der Waals surface area contributed by atoms with E-state index >= 15 is 0 Å². The highest BCUT2D eigenvalue weighted by Gasteiger charge is 2.36. The first kappa shape index (κ1) is 21.8. The van der Waals surface area contributed by atoms with Gasteiger partial charge in [-0.3, -0.25) is 4.79 Å². The lowest BCUT2D eigenvalue weighted by molar-refractivity contribution is -0.107. The van der Waals surface area contributed by atoms with Gasteiger partial charge in [-0.2, -0.15) is 13.2 Å². The number of pyridine rings is 1. The summed E-state index contributed by atoms with van der Waals surface area (Å²) in [6.07, 6.45) is -1.75. The number of thioether (sulfide) groups is 1. The molecule has 2 rings (SSSR count). The topological polar surface area (TPSA) is 77.0 Å². The number of alkyl halides is 3.